The molecule has 1 saturated heterocycles. The Labute approximate surface area is 164 Å². The first-order valence-electron chi connectivity index (χ1n) is 9.37. The van der Waals surface area contributed by atoms with Crippen molar-refractivity contribution in [2.24, 2.45) is 0 Å². The normalized spacial score (nSPS) is 15.5. The number of rotatable bonds is 6. The maximum atomic E-state index is 11.7. The summed E-state index contributed by atoms with van der Waals surface area (Å²) in [5.41, 5.74) is 6.81. The Kier molecular flexibility index (Phi) is 6.05. The molecule has 1 aliphatic rings. The van der Waals surface area contributed by atoms with Gasteiger partial charge in [-0.25, -0.2) is 15.4 Å². The van der Waals surface area contributed by atoms with Crippen molar-refractivity contribution in [3.8, 4) is 0 Å². The van der Waals surface area contributed by atoms with Gasteiger partial charge in [-0.05, 0) is 26.3 Å². The highest BCUT2D eigenvalue weighted by molar-refractivity contribution is 5.70. The van der Waals surface area contributed by atoms with Crippen molar-refractivity contribution in [3.05, 3.63) is 52.3 Å². The van der Waals surface area contributed by atoms with Crippen LogP contribution in [0.5, 0.6) is 0 Å². The molecular formula is C19H27N7O2. The van der Waals surface area contributed by atoms with E-state index in [0.717, 1.165) is 19.6 Å². The van der Waals surface area contributed by atoms with E-state index in [-0.39, 0.29) is 17.0 Å². The van der Waals surface area contributed by atoms with E-state index in [4.69, 9.17) is 0 Å². The first kappa shape index (κ1) is 20.0. The number of hydrazine groups is 1. The van der Waals surface area contributed by atoms with E-state index < -0.39 is 4.92 Å². The smallest absolute Gasteiger partial charge is 0.348 e. The van der Waals surface area contributed by atoms with Crippen LogP contribution >= 0.6 is 0 Å². The number of hydrogen-bond acceptors (Lipinski definition) is 8. The monoisotopic (exact) mass is 385 g/mol. The standard InChI is InChI=1S/C19H27N7O2/c1-19(2,3)23-22-17-16(26(27)28)18(21-14-20-17)25-11-9-24(10-12-25)13-15-7-5-4-6-8-15/h4-8,14,23H,9-13H2,1-3H3,(H,20,21,22). The molecule has 0 radical (unpaired) electrons. The summed E-state index contributed by atoms with van der Waals surface area (Å²) in [6, 6.07) is 10.3. The predicted octanol–water partition coefficient (Wildman–Crippen LogP) is 2.42. The highest BCUT2D eigenvalue weighted by Crippen LogP contribution is 2.32. The summed E-state index contributed by atoms with van der Waals surface area (Å²) >= 11 is 0. The third kappa shape index (κ3) is 5.14. The molecule has 9 heteroatoms. The lowest BCUT2D eigenvalue weighted by Gasteiger charge is -2.35. The SMILES string of the molecule is CC(C)(C)NNc1ncnc(N2CCN(Cc3ccccc3)CC2)c1[N+](=O)[O-]. The molecule has 3 rings (SSSR count). The highest BCUT2D eigenvalue weighted by atomic mass is 16.6. The van der Waals surface area contributed by atoms with Gasteiger partial charge in [-0.3, -0.25) is 20.4 Å². The van der Waals surface area contributed by atoms with E-state index in [1.165, 1.54) is 11.9 Å². The molecular weight excluding hydrogens is 358 g/mol. The summed E-state index contributed by atoms with van der Waals surface area (Å²) in [5, 5.41) is 11.7. The number of anilines is 2. The molecule has 2 heterocycles. The van der Waals surface area contributed by atoms with Gasteiger partial charge < -0.3 is 4.90 Å². The van der Waals surface area contributed by atoms with Crippen molar-refractivity contribution in [2.45, 2.75) is 32.9 Å². The van der Waals surface area contributed by atoms with Crippen molar-refractivity contribution in [1.29, 1.82) is 0 Å². The molecule has 0 saturated carbocycles. The minimum atomic E-state index is -0.418. The van der Waals surface area contributed by atoms with Crippen LogP contribution < -0.4 is 15.8 Å². The lowest BCUT2D eigenvalue weighted by atomic mass is 10.1. The van der Waals surface area contributed by atoms with E-state index in [9.17, 15) is 10.1 Å². The summed E-state index contributed by atoms with van der Waals surface area (Å²) in [6.45, 7) is 9.74. The fraction of sp³-hybridized carbons (Fsp3) is 0.474. The molecule has 0 aliphatic carbocycles. The average Bonchev–Trinajstić information content (AvgIpc) is 2.67. The van der Waals surface area contributed by atoms with Crippen molar-refractivity contribution in [3.63, 3.8) is 0 Å². The lowest BCUT2D eigenvalue weighted by Crippen LogP contribution is -2.46. The summed E-state index contributed by atoms with van der Waals surface area (Å²) in [7, 11) is 0. The van der Waals surface area contributed by atoms with Crippen LogP contribution in [0.25, 0.3) is 0 Å². The van der Waals surface area contributed by atoms with Crippen LogP contribution in [0, 0.1) is 10.1 Å². The van der Waals surface area contributed by atoms with Gasteiger partial charge >= 0.3 is 5.69 Å². The average molecular weight is 385 g/mol. The maximum absolute atomic E-state index is 11.7. The first-order valence-corrected chi connectivity index (χ1v) is 9.37. The number of nitro groups is 1. The number of hydrogen-bond donors (Lipinski definition) is 2. The van der Waals surface area contributed by atoms with Crippen LogP contribution in [-0.4, -0.2) is 51.5 Å². The van der Waals surface area contributed by atoms with Crippen LogP contribution in [0.3, 0.4) is 0 Å². The zero-order valence-electron chi connectivity index (χ0n) is 16.6. The summed E-state index contributed by atoms with van der Waals surface area (Å²) in [6.07, 6.45) is 1.37. The van der Waals surface area contributed by atoms with Gasteiger partial charge in [-0.2, -0.15) is 0 Å². The zero-order valence-corrected chi connectivity index (χ0v) is 16.6. The largest absolute Gasteiger partial charge is 0.354 e. The van der Waals surface area contributed by atoms with Gasteiger partial charge in [0.2, 0.25) is 11.6 Å². The Hall–Kier alpha value is -2.78. The van der Waals surface area contributed by atoms with Crippen LogP contribution in [0.4, 0.5) is 17.3 Å². The minimum absolute atomic E-state index is 0.101. The fourth-order valence-electron chi connectivity index (χ4n) is 3.07. The van der Waals surface area contributed by atoms with E-state index in [2.05, 4.69) is 37.9 Å². The fourth-order valence-corrected chi connectivity index (χ4v) is 3.07. The molecule has 0 unspecified atom stereocenters. The summed E-state index contributed by atoms with van der Waals surface area (Å²) in [4.78, 5) is 23.9. The van der Waals surface area contributed by atoms with E-state index in [1.54, 1.807) is 0 Å². The number of nitrogens with one attached hydrogen (secondary N) is 2. The molecule has 0 spiro atoms. The molecule has 2 aromatic rings. The van der Waals surface area contributed by atoms with E-state index in [1.807, 2.05) is 43.9 Å². The molecule has 1 aromatic heterocycles. The highest BCUT2D eigenvalue weighted by Gasteiger charge is 2.29. The Balaban J connectivity index is 1.70. The van der Waals surface area contributed by atoms with Crippen molar-refractivity contribution < 1.29 is 4.92 Å². The van der Waals surface area contributed by atoms with Gasteiger partial charge in [0.15, 0.2) is 0 Å². The van der Waals surface area contributed by atoms with Gasteiger partial charge in [-0.15, -0.1) is 0 Å². The summed E-state index contributed by atoms with van der Waals surface area (Å²) in [5.74, 6) is 0.536. The van der Waals surface area contributed by atoms with Crippen molar-refractivity contribution >= 4 is 17.3 Å². The van der Waals surface area contributed by atoms with Crippen LogP contribution in [0.2, 0.25) is 0 Å². The number of nitrogens with zero attached hydrogens (tertiary/aromatic N) is 5. The molecule has 150 valence electrons. The topological polar surface area (TPSA) is 99.5 Å². The Morgan fingerprint density at radius 1 is 1.11 bits per heavy atom. The van der Waals surface area contributed by atoms with Gasteiger partial charge in [0.1, 0.15) is 6.33 Å². The number of piperazine rings is 1. The summed E-state index contributed by atoms with van der Waals surface area (Å²) < 4.78 is 0. The molecule has 0 bridgehead atoms. The molecule has 1 aromatic carbocycles. The molecule has 9 nitrogen and oxygen atoms in total. The van der Waals surface area contributed by atoms with Gasteiger partial charge in [0.05, 0.1) is 4.92 Å². The van der Waals surface area contributed by atoms with Crippen LogP contribution in [-0.2, 0) is 6.54 Å². The van der Waals surface area contributed by atoms with Crippen molar-refractivity contribution in [2.75, 3.05) is 36.5 Å². The molecule has 0 atom stereocenters. The van der Waals surface area contributed by atoms with Gasteiger partial charge in [0.25, 0.3) is 0 Å². The zero-order chi connectivity index (χ0) is 20.1. The second kappa shape index (κ2) is 8.49. The van der Waals surface area contributed by atoms with E-state index >= 15 is 0 Å². The predicted molar refractivity (Wildman–Crippen MR) is 109 cm³/mol. The second-order valence-corrected chi connectivity index (χ2v) is 7.90. The molecule has 2 N–H and O–H groups in total. The third-order valence-corrected chi connectivity index (χ3v) is 4.46. The first-order chi connectivity index (χ1) is 13.3. The lowest BCUT2D eigenvalue weighted by molar-refractivity contribution is -0.383. The van der Waals surface area contributed by atoms with E-state index in [0.29, 0.717) is 18.9 Å². The molecule has 1 fully saturated rings. The molecule has 0 amide bonds. The minimum Gasteiger partial charge on any atom is -0.348 e. The van der Waals surface area contributed by atoms with Crippen LogP contribution in [0.1, 0.15) is 26.3 Å². The quantitative estimate of drug-likeness (QED) is 0.578. The maximum Gasteiger partial charge on any atom is 0.354 e. The molecule has 1 aliphatic heterocycles. The molecule has 28 heavy (non-hydrogen) atoms. The second-order valence-electron chi connectivity index (χ2n) is 7.90. The van der Waals surface area contributed by atoms with Crippen LogP contribution in [0.15, 0.2) is 36.7 Å². The van der Waals surface area contributed by atoms with Gasteiger partial charge in [-0.1, -0.05) is 30.3 Å². The number of benzene rings is 1. The Morgan fingerprint density at radius 3 is 2.39 bits per heavy atom. The number of aromatic nitrogens is 2. The van der Waals surface area contributed by atoms with Gasteiger partial charge in [0, 0.05) is 38.3 Å². The van der Waals surface area contributed by atoms with Crippen molar-refractivity contribution in [1.82, 2.24) is 20.3 Å². The Bertz CT molecular complexity index is 800. The third-order valence-electron chi connectivity index (χ3n) is 4.46. The Morgan fingerprint density at radius 2 is 1.79 bits per heavy atom.